The Labute approximate surface area is 183 Å². The van der Waals surface area contributed by atoms with Crippen molar-refractivity contribution in [1.82, 2.24) is 5.32 Å². The summed E-state index contributed by atoms with van der Waals surface area (Å²) in [5.74, 6) is 0.230. The molecule has 0 radical (unpaired) electrons. The van der Waals surface area contributed by atoms with E-state index in [1.807, 2.05) is 6.08 Å². The minimum Gasteiger partial charge on any atom is -0.356 e. The lowest BCUT2D eigenvalue weighted by Crippen LogP contribution is -2.41. The Morgan fingerprint density at radius 3 is 1.66 bits per heavy atom. The van der Waals surface area contributed by atoms with Gasteiger partial charge in [0.1, 0.15) is 0 Å². The molecule has 0 aliphatic carbocycles. The normalized spacial score (nSPS) is 11.6. The lowest BCUT2D eigenvalue weighted by Gasteiger charge is -2.28. The van der Waals surface area contributed by atoms with Crippen molar-refractivity contribution in [3.05, 3.63) is 12.7 Å². The molecule has 1 N–H and O–H groups in total. The minimum absolute atomic E-state index is 0.230. The van der Waals surface area contributed by atoms with Crippen LogP contribution in [-0.4, -0.2) is 44.1 Å². The van der Waals surface area contributed by atoms with Gasteiger partial charge in [0, 0.05) is 19.4 Å². The number of nitrogens with one attached hydrogen (secondary N) is 1. The number of hydrogen-bond donors (Lipinski definition) is 1. The van der Waals surface area contributed by atoms with Gasteiger partial charge in [0.15, 0.2) is 0 Å². The highest BCUT2D eigenvalue weighted by Crippen LogP contribution is 2.13. The van der Waals surface area contributed by atoms with E-state index < -0.39 is 0 Å². The Bertz CT molecular complexity index is 379. The van der Waals surface area contributed by atoms with E-state index in [0.717, 1.165) is 37.0 Å². The zero-order valence-corrected chi connectivity index (χ0v) is 20.3. The third-order valence-electron chi connectivity index (χ3n) is 5.89. The fourth-order valence-corrected chi connectivity index (χ4v) is 3.92. The average molecular weight is 410 g/mol. The molecule has 172 valence electrons. The zero-order valence-electron chi connectivity index (χ0n) is 20.3. The van der Waals surface area contributed by atoms with E-state index in [9.17, 15) is 4.79 Å². The van der Waals surface area contributed by atoms with Gasteiger partial charge in [0.25, 0.3) is 0 Å². The first-order chi connectivity index (χ1) is 14.0. The molecule has 0 saturated heterocycles. The molecule has 0 heterocycles. The Morgan fingerprint density at radius 2 is 1.21 bits per heavy atom. The van der Waals surface area contributed by atoms with Gasteiger partial charge >= 0.3 is 0 Å². The van der Waals surface area contributed by atoms with Crippen LogP contribution in [0.4, 0.5) is 0 Å². The van der Waals surface area contributed by atoms with Crippen LogP contribution in [0.15, 0.2) is 12.7 Å². The maximum atomic E-state index is 11.9. The first-order valence-electron chi connectivity index (χ1n) is 12.7. The lowest BCUT2D eigenvalue weighted by molar-refractivity contribution is -0.884. The fraction of sp³-hybridized carbons (Fsp3) is 0.885. The molecule has 0 saturated carbocycles. The molecule has 0 aromatic carbocycles. The van der Waals surface area contributed by atoms with Crippen LogP contribution in [0.5, 0.6) is 0 Å². The van der Waals surface area contributed by atoms with Gasteiger partial charge in [-0.25, -0.2) is 0 Å². The predicted molar refractivity (Wildman–Crippen MR) is 129 cm³/mol. The van der Waals surface area contributed by atoms with E-state index in [0.29, 0.717) is 6.42 Å². The highest BCUT2D eigenvalue weighted by molar-refractivity contribution is 5.75. The smallest absolute Gasteiger partial charge is 0.219 e. The molecule has 0 aromatic rings. The van der Waals surface area contributed by atoms with Crippen molar-refractivity contribution in [2.24, 2.45) is 0 Å². The van der Waals surface area contributed by atoms with Crippen LogP contribution in [-0.2, 0) is 4.79 Å². The van der Waals surface area contributed by atoms with E-state index in [1.165, 1.54) is 89.9 Å². The summed E-state index contributed by atoms with van der Waals surface area (Å²) in [6.07, 6.45) is 24.2. The number of quaternary nitrogens is 1. The molecule has 0 fully saturated rings. The van der Waals surface area contributed by atoms with Gasteiger partial charge < -0.3 is 9.80 Å². The standard InChI is InChI=1S/C26H52N2O/c1-5-7-8-9-10-11-12-13-14-15-16-17-18-19-20-22-26(29)27-23-21-25-28(3,4)24-6-2/h6H,2,5,7-25H2,1,3-4H3/p+1. The van der Waals surface area contributed by atoms with Gasteiger partial charge in [0.2, 0.25) is 5.91 Å². The zero-order chi connectivity index (χ0) is 21.6. The van der Waals surface area contributed by atoms with Gasteiger partial charge in [-0.05, 0) is 12.5 Å². The molecular weight excluding hydrogens is 356 g/mol. The molecular formula is C26H53N2O+. The first-order valence-corrected chi connectivity index (χ1v) is 12.7. The van der Waals surface area contributed by atoms with Crippen molar-refractivity contribution >= 4 is 5.91 Å². The second kappa shape index (κ2) is 20.4. The Balaban J connectivity index is 3.26. The first kappa shape index (κ1) is 28.2. The van der Waals surface area contributed by atoms with Crippen LogP contribution < -0.4 is 5.32 Å². The average Bonchev–Trinajstić information content (AvgIpc) is 2.68. The number of rotatable bonds is 22. The van der Waals surface area contributed by atoms with Crippen molar-refractivity contribution in [3.63, 3.8) is 0 Å². The predicted octanol–water partition coefficient (Wildman–Crippen LogP) is 7.02. The van der Waals surface area contributed by atoms with Crippen molar-refractivity contribution in [2.45, 2.75) is 116 Å². The van der Waals surface area contributed by atoms with Crippen LogP contribution in [0.25, 0.3) is 0 Å². The quantitative estimate of drug-likeness (QED) is 0.116. The summed E-state index contributed by atoms with van der Waals surface area (Å²) in [5.41, 5.74) is 0. The summed E-state index contributed by atoms with van der Waals surface area (Å²) in [6.45, 7) is 8.95. The molecule has 0 aliphatic rings. The number of unbranched alkanes of at least 4 members (excludes halogenated alkanes) is 14. The van der Waals surface area contributed by atoms with Gasteiger partial charge in [0.05, 0.1) is 27.2 Å². The molecule has 1 amide bonds. The molecule has 0 bridgehead atoms. The number of carbonyl (C=O) groups is 1. The summed E-state index contributed by atoms with van der Waals surface area (Å²) in [6, 6.07) is 0. The monoisotopic (exact) mass is 409 g/mol. The molecule has 0 atom stereocenters. The highest BCUT2D eigenvalue weighted by atomic mass is 16.1. The summed E-state index contributed by atoms with van der Waals surface area (Å²) in [5, 5.41) is 3.07. The highest BCUT2D eigenvalue weighted by Gasteiger charge is 2.11. The molecule has 3 nitrogen and oxygen atoms in total. The van der Waals surface area contributed by atoms with Gasteiger partial charge in [-0.1, -0.05) is 103 Å². The third-order valence-corrected chi connectivity index (χ3v) is 5.89. The minimum atomic E-state index is 0.230. The van der Waals surface area contributed by atoms with E-state index in [-0.39, 0.29) is 5.91 Å². The van der Waals surface area contributed by atoms with Crippen molar-refractivity contribution in [1.29, 1.82) is 0 Å². The van der Waals surface area contributed by atoms with Gasteiger partial charge in [-0.3, -0.25) is 4.79 Å². The maximum absolute atomic E-state index is 11.9. The van der Waals surface area contributed by atoms with Gasteiger partial charge in [-0.15, -0.1) is 0 Å². The molecule has 0 aromatic heterocycles. The number of amides is 1. The van der Waals surface area contributed by atoms with Crippen LogP contribution in [0.2, 0.25) is 0 Å². The Hall–Kier alpha value is -0.830. The van der Waals surface area contributed by atoms with Crippen LogP contribution >= 0.6 is 0 Å². The van der Waals surface area contributed by atoms with Crippen LogP contribution in [0.1, 0.15) is 116 Å². The van der Waals surface area contributed by atoms with E-state index >= 15 is 0 Å². The largest absolute Gasteiger partial charge is 0.356 e. The molecule has 0 rings (SSSR count). The van der Waals surface area contributed by atoms with E-state index in [1.54, 1.807) is 0 Å². The Morgan fingerprint density at radius 1 is 0.759 bits per heavy atom. The van der Waals surface area contributed by atoms with Crippen LogP contribution in [0, 0.1) is 0 Å². The molecule has 0 aliphatic heterocycles. The van der Waals surface area contributed by atoms with Crippen molar-refractivity contribution in [2.75, 3.05) is 33.7 Å². The summed E-state index contributed by atoms with van der Waals surface area (Å²) in [4.78, 5) is 11.9. The SMILES string of the molecule is C=CC[N+](C)(C)CCCNC(=O)CCCCCCCCCCCCCCCCC. The van der Waals surface area contributed by atoms with Crippen molar-refractivity contribution < 1.29 is 9.28 Å². The summed E-state index contributed by atoms with van der Waals surface area (Å²) in [7, 11) is 4.41. The summed E-state index contributed by atoms with van der Waals surface area (Å²) >= 11 is 0. The molecule has 29 heavy (non-hydrogen) atoms. The maximum Gasteiger partial charge on any atom is 0.219 e. The molecule has 3 heteroatoms. The van der Waals surface area contributed by atoms with E-state index in [2.05, 4.69) is 32.9 Å². The van der Waals surface area contributed by atoms with Crippen molar-refractivity contribution in [3.8, 4) is 0 Å². The van der Waals surface area contributed by atoms with Crippen LogP contribution in [0.3, 0.4) is 0 Å². The van der Waals surface area contributed by atoms with Gasteiger partial charge in [-0.2, -0.15) is 0 Å². The number of hydrogen-bond acceptors (Lipinski definition) is 1. The second-order valence-electron chi connectivity index (χ2n) is 9.53. The molecule has 0 spiro atoms. The summed E-state index contributed by atoms with van der Waals surface area (Å²) < 4.78 is 0.943. The molecule has 0 unspecified atom stereocenters. The second-order valence-corrected chi connectivity index (χ2v) is 9.53. The lowest BCUT2D eigenvalue weighted by atomic mass is 10.0. The topological polar surface area (TPSA) is 29.1 Å². The fourth-order valence-electron chi connectivity index (χ4n) is 3.92. The van der Waals surface area contributed by atoms with E-state index in [4.69, 9.17) is 0 Å². The number of likely N-dealkylation sites (N-methyl/N-ethyl adjacent to an activating group) is 1. The Kier molecular flexibility index (Phi) is 19.9. The third kappa shape index (κ3) is 21.7. The number of carbonyl (C=O) groups excluding carboxylic acids is 1. The number of nitrogens with zero attached hydrogens (tertiary/aromatic N) is 1.